The zero-order valence-corrected chi connectivity index (χ0v) is 22.7. The minimum atomic E-state index is -0.604. The molecule has 2 aliphatic rings. The molecule has 0 aromatic heterocycles. The van der Waals surface area contributed by atoms with Gasteiger partial charge in [-0.25, -0.2) is 0 Å². The molecular weight excluding hydrogens is 428 g/mol. The molecule has 2 fully saturated rings. The van der Waals surface area contributed by atoms with Crippen LogP contribution in [-0.2, 0) is 14.4 Å². The summed E-state index contributed by atoms with van der Waals surface area (Å²) in [6, 6.07) is -0.465. The fourth-order valence-electron chi connectivity index (χ4n) is 4.92. The molecule has 1 saturated carbocycles. The van der Waals surface area contributed by atoms with E-state index >= 15 is 0 Å². The van der Waals surface area contributed by atoms with Crippen LogP contribution >= 0.6 is 0 Å². The van der Waals surface area contributed by atoms with E-state index in [9.17, 15) is 14.4 Å². The van der Waals surface area contributed by atoms with Gasteiger partial charge in [-0.1, -0.05) is 40.2 Å². The first kappa shape index (κ1) is 28.3. The first-order valence-corrected chi connectivity index (χ1v) is 13.3. The molecule has 0 bridgehead atoms. The Morgan fingerprint density at radius 2 is 1.59 bits per heavy atom. The third kappa shape index (κ3) is 7.30. The molecule has 0 spiro atoms. The van der Waals surface area contributed by atoms with E-state index in [2.05, 4.69) is 29.4 Å². The lowest BCUT2D eigenvalue weighted by atomic mass is 9.92. The van der Waals surface area contributed by atoms with Crippen molar-refractivity contribution in [3.05, 3.63) is 11.6 Å². The Bertz CT molecular complexity index is 742. The summed E-state index contributed by atoms with van der Waals surface area (Å²) in [6.45, 7) is 15.0. The van der Waals surface area contributed by atoms with Crippen LogP contribution in [0.3, 0.4) is 0 Å². The second-order valence-electron chi connectivity index (χ2n) is 11.2. The summed E-state index contributed by atoms with van der Waals surface area (Å²) in [4.78, 5) is 43.4. The monoisotopic (exact) mass is 476 g/mol. The van der Waals surface area contributed by atoms with E-state index in [0.717, 1.165) is 45.1 Å². The topological polar surface area (TPSA) is 81.8 Å². The molecule has 0 aromatic carbocycles. The van der Waals surface area contributed by atoms with Gasteiger partial charge in [0, 0.05) is 24.7 Å². The van der Waals surface area contributed by atoms with E-state index in [1.165, 1.54) is 0 Å². The molecular formula is C27H48N4O3. The van der Waals surface area contributed by atoms with Crippen molar-refractivity contribution in [1.29, 1.82) is 0 Å². The molecule has 1 saturated heterocycles. The van der Waals surface area contributed by atoms with Gasteiger partial charge in [0.15, 0.2) is 0 Å². The van der Waals surface area contributed by atoms with Gasteiger partial charge in [-0.2, -0.15) is 0 Å². The normalized spacial score (nSPS) is 21.9. The van der Waals surface area contributed by atoms with Crippen LogP contribution in [0.2, 0.25) is 0 Å². The van der Waals surface area contributed by atoms with Crippen LogP contribution in [0, 0.1) is 11.8 Å². The number of carbonyl (C=O) groups excluding carboxylic acids is 3. The lowest BCUT2D eigenvalue weighted by molar-refractivity contribution is -0.140. The number of rotatable bonds is 10. The quantitative estimate of drug-likeness (QED) is 0.473. The Morgan fingerprint density at radius 1 is 0.941 bits per heavy atom. The number of likely N-dealkylation sites (N-methyl/N-ethyl adjacent to an activating group) is 1. The maximum absolute atomic E-state index is 13.6. The lowest BCUT2D eigenvalue weighted by Gasteiger charge is -2.39. The van der Waals surface area contributed by atoms with Crippen LogP contribution in [-0.4, -0.2) is 71.3 Å². The van der Waals surface area contributed by atoms with Crippen LogP contribution in [0.25, 0.3) is 0 Å². The van der Waals surface area contributed by atoms with E-state index < -0.39 is 6.04 Å². The molecule has 2 rings (SSSR count). The number of nitrogens with one attached hydrogen (secondary N) is 2. The highest BCUT2D eigenvalue weighted by Crippen LogP contribution is 2.22. The van der Waals surface area contributed by atoms with Gasteiger partial charge in [-0.05, 0) is 71.3 Å². The molecule has 1 aliphatic carbocycles. The predicted molar refractivity (Wildman–Crippen MR) is 137 cm³/mol. The van der Waals surface area contributed by atoms with Gasteiger partial charge in [0.25, 0.3) is 0 Å². The largest absolute Gasteiger partial charge is 0.350 e. The first-order chi connectivity index (χ1) is 15.9. The summed E-state index contributed by atoms with van der Waals surface area (Å²) in [7, 11) is 1.78. The molecule has 3 unspecified atom stereocenters. The van der Waals surface area contributed by atoms with Gasteiger partial charge in [0.05, 0.1) is 12.1 Å². The number of hydrogen-bond donors (Lipinski definition) is 2. The van der Waals surface area contributed by atoms with Gasteiger partial charge >= 0.3 is 0 Å². The molecule has 3 amide bonds. The highest BCUT2D eigenvalue weighted by Gasteiger charge is 2.36. The summed E-state index contributed by atoms with van der Waals surface area (Å²) >= 11 is 0. The van der Waals surface area contributed by atoms with E-state index in [-0.39, 0.29) is 53.7 Å². The summed E-state index contributed by atoms with van der Waals surface area (Å²) in [5.74, 6) is -0.150. The zero-order valence-electron chi connectivity index (χ0n) is 22.7. The minimum Gasteiger partial charge on any atom is -0.350 e. The number of nitrogens with zero attached hydrogens (tertiary/aromatic N) is 2. The molecule has 1 heterocycles. The Balaban J connectivity index is 2.14. The van der Waals surface area contributed by atoms with E-state index in [1.807, 2.05) is 40.7 Å². The number of hydrogen-bond acceptors (Lipinski definition) is 4. The summed E-state index contributed by atoms with van der Waals surface area (Å²) in [5, 5.41) is 6.16. The van der Waals surface area contributed by atoms with E-state index in [0.29, 0.717) is 5.57 Å². The second kappa shape index (κ2) is 12.7. The molecule has 2 N–H and O–H groups in total. The van der Waals surface area contributed by atoms with Crippen molar-refractivity contribution in [3.8, 4) is 0 Å². The number of amides is 3. The maximum Gasteiger partial charge on any atom is 0.246 e. The molecule has 0 aromatic rings. The van der Waals surface area contributed by atoms with Crippen LogP contribution in [0.15, 0.2) is 11.6 Å². The molecule has 194 valence electrons. The average molecular weight is 477 g/mol. The van der Waals surface area contributed by atoms with E-state index in [1.54, 1.807) is 11.9 Å². The zero-order chi connectivity index (χ0) is 25.6. The number of piperidine rings is 1. The molecule has 7 nitrogen and oxygen atoms in total. The summed E-state index contributed by atoms with van der Waals surface area (Å²) < 4.78 is 0. The maximum atomic E-state index is 13.6. The van der Waals surface area contributed by atoms with Gasteiger partial charge in [-0.15, -0.1) is 0 Å². The smallest absolute Gasteiger partial charge is 0.246 e. The van der Waals surface area contributed by atoms with Crippen molar-refractivity contribution in [2.75, 3.05) is 13.6 Å². The molecule has 0 radical (unpaired) electrons. The Labute approximate surface area is 207 Å². The number of carbonyl (C=O) groups is 3. The van der Waals surface area contributed by atoms with Crippen molar-refractivity contribution in [3.63, 3.8) is 0 Å². The summed E-state index contributed by atoms with van der Waals surface area (Å²) in [5.41, 5.74) is 0.630. The summed E-state index contributed by atoms with van der Waals surface area (Å²) in [6.07, 6.45) is 8.10. The van der Waals surface area contributed by atoms with Crippen LogP contribution < -0.4 is 10.6 Å². The highest BCUT2D eigenvalue weighted by molar-refractivity contribution is 5.93. The van der Waals surface area contributed by atoms with Gasteiger partial charge in [0.2, 0.25) is 17.7 Å². The van der Waals surface area contributed by atoms with Gasteiger partial charge in [-0.3, -0.25) is 19.3 Å². The third-order valence-corrected chi connectivity index (χ3v) is 7.44. The Kier molecular flexibility index (Phi) is 10.6. The van der Waals surface area contributed by atoms with Crippen molar-refractivity contribution in [2.24, 2.45) is 11.8 Å². The Morgan fingerprint density at radius 3 is 2.09 bits per heavy atom. The van der Waals surface area contributed by atoms with Crippen molar-refractivity contribution >= 4 is 17.7 Å². The van der Waals surface area contributed by atoms with Crippen LogP contribution in [0.5, 0.6) is 0 Å². The van der Waals surface area contributed by atoms with Crippen molar-refractivity contribution < 1.29 is 14.4 Å². The van der Waals surface area contributed by atoms with Gasteiger partial charge < -0.3 is 15.5 Å². The van der Waals surface area contributed by atoms with Crippen LogP contribution in [0.1, 0.15) is 87.0 Å². The fourth-order valence-corrected chi connectivity index (χ4v) is 4.92. The second-order valence-corrected chi connectivity index (χ2v) is 11.2. The molecule has 1 aliphatic heterocycles. The first-order valence-electron chi connectivity index (χ1n) is 13.3. The minimum absolute atomic E-state index is 0.0465. The molecule has 3 atom stereocenters. The standard InChI is InChI=1S/C27H48N4O3/c1-17(2)23(16-20(7)25(32)28-21-12-11-13-21)30(8)27(34)24(18(3)4)29-26(33)22-14-9-10-15-31(22)19(5)6/h16-19,21-24H,9-15H2,1-8H3,(H,28,32)(H,29,33)/b20-16+. The van der Waals surface area contributed by atoms with Crippen molar-refractivity contribution in [2.45, 2.75) is 117 Å². The fraction of sp³-hybridized carbons (Fsp3) is 0.815. The van der Waals surface area contributed by atoms with E-state index in [4.69, 9.17) is 0 Å². The van der Waals surface area contributed by atoms with Gasteiger partial charge in [0.1, 0.15) is 6.04 Å². The molecule has 34 heavy (non-hydrogen) atoms. The average Bonchev–Trinajstić information content (AvgIpc) is 2.76. The SMILES string of the molecule is C/C(=C\C(C(C)C)N(C)C(=O)C(NC(=O)C1CCCCN1C(C)C)C(C)C)C(=O)NC1CCC1. The number of likely N-dealkylation sites (tertiary alicyclic amines) is 1. The Hall–Kier alpha value is -1.89. The lowest BCUT2D eigenvalue weighted by Crippen LogP contribution is -2.58. The highest BCUT2D eigenvalue weighted by atomic mass is 16.2. The predicted octanol–water partition coefficient (Wildman–Crippen LogP) is 3.49. The van der Waals surface area contributed by atoms with Crippen LogP contribution in [0.4, 0.5) is 0 Å². The third-order valence-electron chi connectivity index (χ3n) is 7.44. The van der Waals surface area contributed by atoms with Crippen molar-refractivity contribution in [1.82, 2.24) is 20.4 Å². The molecule has 7 heteroatoms.